The molecule has 0 saturated carbocycles. The first-order valence-corrected chi connectivity index (χ1v) is 11.8. The topological polar surface area (TPSA) is 65.7 Å². The quantitative estimate of drug-likeness (QED) is 0.311. The first-order chi connectivity index (χ1) is 14.8. The zero-order chi connectivity index (χ0) is 22.7. The third-order valence-electron chi connectivity index (χ3n) is 4.63. The summed E-state index contributed by atoms with van der Waals surface area (Å²) in [6, 6.07) is 7.16. The molecule has 0 fully saturated rings. The van der Waals surface area contributed by atoms with E-state index < -0.39 is 0 Å². The molecule has 0 radical (unpaired) electrons. The molecule has 0 spiro atoms. The maximum Gasteiger partial charge on any atom is 0.282 e. The molecule has 9 heteroatoms. The molecule has 0 amide bonds. The van der Waals surface area contributed by atoms with Crippen molar-refractivity contribution in [2.45, 2.75) is 40.2 Å². The summed E-state index contributed by atoms with van der Waals surface area (Å²) in [5, 5.41) is 5.24. The number of ether oxygens (including phenoxy) is 2. The molecule has 0 aliphatic rings. The minimum Gasteiger partial charge on any atom is -0.490 e. The van der Waals surface area contributed by atoms with Gasteiger partial charge in [-0.1, -0.05) is 34.5 Å². The highest BCUT2D eigenvalue weighted by atomic mass is 79.9. The Balaban J connectivity index is 2.09. The van der Waals surface area contributed by atoms with E-state index in [0.29, 0.717) is 49.9 Å². The summed E-state index contributed by atoms with van der Waals surface area (Å²) in [7, 11) is 0. The molecule has 0 saturated heterocycles. The number of fused-ring (bicyclic) bond motifs is 1. The standard InChI is InChI=1S/C22H22Br2ClN3O3/c1-5-12(3)31-21-18(30-6-2)9-14(19(24)20(21)25)11-26-28-13(4)27-17-8-7-15(23)10-16(17)22(28)29/h7-12H,5-6H2,1-4H3/t12-/m1/s1. The fourth-order valence-electron chi connectivity index (χ4n) is 2.87. The Morgan fingerprint density at radius 1 is 1.29 bits per heavy atom. The fraction of sp³-hybridized carbons (Fsp3) is 0.318. The summed E-state index contributed by atoms with van der Waals surface area (Å²) >= 11 is 13.5. The predicted octanol–water partition coefficient (Wildman–Crippen LogP) is 6.34. The van der Waals surface area contributed by atoms with E-state index in [-0.39, 0.29) is 11.7 Å². The van der Waals surface area contributed by atoms with E-state index in [1.807, 2.05) is 26.8 Å². The zero-order valence-electron chi connectivity index (χ0n) is 17.6. The first kappa shape index (κ1) is 23.8. The van der Waals surface area contributed by atoms with Crippen molar-refractivity contribution < 1.29 is 9.47 Å². The average Bonchev–Trinajstić information content (AvgIpc) is 2.74. The molecule has 1 atom stereocenters. The second-order valence-electron chi connectivity index (χ2n) is 6.87. The summed E-state index contributed by atoms with van der Waals surface area (Å²) in [6.45, 7) is 8.07. The maximum absolute atomic E-state index is 13.0. The monoisotopic (exact) mass is 569 g/mol. The van der Waals surface area contributed by atoms with Gasteiger partial charge in [-0.05, 0) is 67.4 Å². The van der Waals surface area contributed by atoms with E-state index in [1.165, 1.54) is 4.68 Å². The Hall–Kier alpha value is -1.90. The molecule has 0 unspecified atom stereocenters. The Bertz CT molecular complexity index is 1210. The number of hydrogen-bond acceptors (Lipinski definition) is 5. The largest absolute Gasteiger partial charge is 0.490 e. The highest BCUT2D eigenvalue weighted by Gasteiger charge is 2.19. The second kappa shape index (κ2) is 10.1. The highest BCUT2D eigenvalue weighted by molar-refractivity contribution is 9.10. The van der Waals surface area contributed by atoms with Crippen LogP contribution in [0.2, 0.25) is 5.02 Å². The molecule has 31 heavy (non-hydrogen) atoms. The Labute approximate surface area is 202 Å². The van der Waals surface area contributed by atoms with E-state index in [9.17, 15) is 4.79 Å². The number of aryl methyl sites for hydroxylation is 1. The summed E-state index contributed by atoms with van der Waals surface area (Å²) < 4.78 is 14.4. The van der Waals surface area contributed by atoms with Gasteiger partial charge >= 0.3 is 0 Å². The van der Waals surface area contributed by atoms with Crippen molar-refractivity contribution in [3.63, 3.8) is 0 Å². The van der Waals surface area contributed by atoms with Crippen molar-refractivity contribution in [1.29, 1.82) is 0 Å². The van der Waals surface area contributed by atoms with Gasteiger partial charge in [0.15, 0.2) is 11.5 Å². The molecule has 1 aromatic heterocycles. The number of rotatable bonds is 7. The summed E-state index contributed by atoms with van der Waals surface area (Å²) in [5.41, 5.74) is 1.00. The van der Waals surface area contributed by atoms with Crippen molar-refractivity contribution in [2.75, 3.05) is 6.61 Å². The molecule has 6 nitrogen and oxygen atoms in total. The summed E-state index contributed by atoms with van der Waals surface area (Å²) in [6.07, 6.45) is 2.36. The van der Waals surface area contributed by atoms with Crippen molar-refractivity contribution in [1.82, 2.24) is 9.66 Å². The van der Waals surface area contributed by atoms with E-state index in [0.717, 1.165) is 10.9 Å². The number of aromatic nitrogens is 2. The molecule has 3 aromatic rings. The van der Waals surface area contributed by atoms with E-state index >= 15 is 0 Å². The van der Waals surface area contributed by atoms with Crippen LogP contribution in [-0.4, -0.2) is 28.6 Å². The molecule has 0 aliphatic carbocycles. The highest BCUT2D eigenvalue weighted by Crippen LogP contribution is 2.43. The number of halogens is 3. The minimum absolute atomic E-state index is 0.0210. The molecule has 0 N–H and O–H groups in total. The molecule has 0 bridgehead atoms. The third-order valence-corrected chi connectivity index (χ3v) is 6.57. The van der Waals surface area contributed by atoms with Crippen LogP contribution < -0.4 is 15.0 Å². The number of hydrogen-bond donors (Lipinski definition) is 0. The van der Waals surface area contributed by atoms with Crippen molar-refractivity contribution in [3.05, 3.63) is 60.0 Å². The lowest BCUT2D eigenvalue weighted by Gasteiger charge is -2.19. The zero-order valence-corrected chi connectivity index (χ0v) is 21.5. The van der Waals surface area contributed by atoms with Crippen LogP contribution in [0.4, 0.5) is 0 Å². The molecular formula is C22H22Br2ClN3O3. The van der Waals surface area contributed by atoms with E-state index in [2.05, 4.69) is 41.9 Å². The molecule has 3 rings (SSSR count). The molecule has 0 aliphatic heterocycles. The van der Waals surface area contributed by atoms with Crippen LogP contribution in [0.25, 0.3) is 10.9 Å². The van der Waals surface area contributed by atoms with Crippen molar-refractivity contribution in [2.24, 2.45) is 5.10 Å². The normalized spacial score (nSPS) is 12.5. The van der Waals surface area contributed by atoms with Gasteiger partial charge in [0.05, 0.1) is 29.8 Å². The lowest BCUT2D eigenvalue weighted by molar-refractivity contribution is 0.203. The Morgan fingerprint density at radius 3 is 2.71 bits per heavy atom. The van der Waals surface area contributed by atoms with Crippen LogP contribution in [0.15, 0.2) is 43.1 Å². The van der Waals surface area contributed by atoms with Gasteiger partial charge in [0, 0.05) is 14.5 Å². The SMILES string of the molecule is CCOc1cc(C=Nn2c(C)nc3ccc(Br)cc3c2=O)c(Br)c(Cl)c1O[C@H](C)CC. The average molecular weight is 572 g/mol. The van der Waals surface area contributed by atoms with Gasteiger partial charge in [-0.2, -0.15) is 9.78 Å². The van der Waals surface area contributed by atoms with Crippen LogP contribution in [0, 0.1) is 6.92 Å². The minimum atomic E-state index is -0.260. The van der Waals surface area contributed by atoms with Crippen molar-refractivity contribution >= 4 is 60.6 Å². The summed E-state index contributed by atoms with van der Waals surface area (Å²) in [4.78, 5) is 17.4. The van der Waals surface area contributed by atoms with Crippen LogP contribution in [0.5, 0.6) is 11.5 Å². The smallest absolute Gasteiger partial charge is 0.282 e. The van der Waals surface area contributed by atoms with Crippen LogP contribution in [-0.2, 0) is 0 Å². The third kappa shape index (κ3) is 5.13. The van der Waals surface area contributed by atoms with E-state index in [1.54, 1.807) is 31.3 Å². The number of nitrogens with zero attached hydrogens (tertiary/aromatic N) is 3. The number of benzene rings is 2. The summed E-state index contributed by atoms with van der Waals surface area (Å²) in [5.74, 6) is 1.47. The molecule has 164 valence electrons. The van der Waals surface area contributed by atoms with Gasteiger partial charge in [0.1, 0.15) is 10.8 Å². The van der Waals surface area contributed by atoms with Crippen LogP contribution in [0.3, 0.4) is 0 Å². The lowest BCUT2D eigenvalue weighted by atomic mass is 10.2. The Morgan fingerprint density at radius 2 is 2.03 bits per heavy atom. The van der Waals surface area contributed by atoms with Crippen molar-refractivity contribution in [3.8, 4) is 11.5 Å². The van der Waals surface area contributed by atoms with Gasteiger partial charge in [-0.25, -0.2) is 4.98 Å². The lowest BCUT2D eigenvalue weighted by Crippen LogP contribution is -2.20. The van der Waals surface area contributed by atoms with E-state index in [4.69, 9.17) is 21.1 Å². The molecular weight excluding hydrogens is 550 g/mol. The van der Waals surface area contributed by atoms with Gasteiger partial charge < -0.3 is 9.47 Å². The molecule has 2 aromatic carbocycles. The molecule has 1 heterocycles. The van der Waals surface area contributed by atoms with Gasteiger partial charge in [0.25, 0.3) is 5.56 Å². The predicted molar refractivity (Wildman–Crippen MR) is 132 cm³/mol. The maximum atomic E-state index is 13.0. The first-order valence-electron chi connectivity index (χ1n) is 9.81. The van der Waals surface area contributed by atoms with Gasteiger partial charge in [-0.15, -0.1) is 0 Å². The van der Waals surface area contributed by atoms with Crippen LogP contribution >= 0.6 is 43.5 Å². The second-order valence-corrected chi connectivity index (χ2v) is 8.96. The van der Waals surface area contributed by atoms with Gasteiger partial charge in [0.2, 0.25) is 0 Å². The Kier molecular flexibility index (Phi) is 7.78. The fourth-order valence-corrected chi connectivity index (χ4v) is 3.88. The van der Waals surface area contributed by atoms with Gasteiger partial charge in [-0.3, -0.25) is 4.79 Å². The van der Waals surface area contributed by atoms with Crippen LogP contribution in [0.1, 0.15) is 38.6 Å².